The average molecular weight is 725 g/mol. The summed E-state index contributed by atoms with van der Waals surface area (Å²) >= 11 is 6.00. The number of hydrogen-bond donors (Lipinski definition) is 2. The number of carboxylic acids is 1. The lowest BCUT2D eigenvalue weighted by Crippen LogP contribution is -2.48. The molecule has 2 N–H and O–H groups in total. The lowest BCUT2D eigenvalue weighted by Gasteiger charge is -2.38. The van der Waals surface area contributed by atoms with Gasteiger partial charge in [0.25, 0.3) is 0 Å². The molecular formula is C43H46ClFN2O5. The van der Waals surface area contributed by atoms with Gasteiger partial charge < -0.3 is 20.1 Å². The van der Waals surface area contributed by atoms with Gasteiger partial charge in [0.1, 0.15) is 24.2 Å². The van der Waals surface area contributed by atoms with Gasteiger partial charge in [0.15, 0.2) is 0 Å². The Morgan fingerprint density at radius 2 is 1.63 bits per heavy atom. The van der Waals surface area contributed by atoms with E-state index in [1.807, 2.05) is 18.2 Å². The van der Waals surface area contributed by atoms with Crippen LogP contribution in [0.3, 0.4) is 0 Å². The Labute approximate surface area is 310 Å². The van der Waals surface area contributed by atoms with E-state index in [1.165, 1.54) is 17.7 Å². The summed E-state index contributed by atoms with van der Waals surface area (Å²) in [6.45, 7) is 7.24. The zero-order chi connectivity index (χ0) is 37.0. The number of amides is 2. The largest absolute Gasteiger partial charge is 0.489 e. The van der Waals surface area contributed by atoms with Crippen LogP contribution in [0.2, 0.25) is 5.02 Å². The molecule has 2 amide bonds. The second-order valence-electron chi connectivity index (χ2n) is 15.1. The molecule has 1 heterocycles. The molecule has 9 heteroatoms. The van der Waals surface area contributed by atoms with Crippen molar-refractivity contribution < 1.29 is 28.6 Å². The van der Waals surface area contributed by atoms with Gasteiger partial charge in [-0.15, -0.1) is 0 Å². The number of ether oxygens (including phenoxy) is 1. The first kappa shape index (κ1) is 37.1. The van der Waals surface area contributed by atoms with Gasteiger partial charge >= 0.3 is 5.97 Å². The summed E-state index contributed by atoms with van der Waals surface area (Å²) < 4.78 is 20.0. The van der Waals surface area contributed by atoms with Crippen molar-refractivity contribution >= 4 is 29.4 Å². The third-order valence-corrected chi connectivity index (χ3v) is 10.6. The highest BCUT2D eigenvalue weighted by Gasteiger charge is 2.38. The van der Waals surface area contributed by atoms with Crippen molar-refractivity contribution in [2.45, 2.75) is 89.8 Å². The van der Waals surface area contributed by atoms with Gasteiger partial charge in [-0.05, 0) is 93.8 Å². The number of rotatable bonds is 11. The third-order valence-electron chi connectivity index (χ3n) is 10.3. The summed E-state index contributed by atoms with van der Waals surface area (Å²) in [6.07, 6.45) is 4.83. The van der Waals surface area contributed by atoms with E-state index in [2.05, 4.69) is 50.4 Å². The van der Waals surface area contributed by atoms with E-state index in [0.29, 0.717) is 54.4 Å². The van der Waals surface area contributed by atoms with Crippen LogP contribution in [0, 0.1) is 11.7 Å². The number of fused-ring (bicyclic) bond motifs is 1. The normalized spacial score (nSPS) is 16.6. The number of carboxylic acid groups (broad SMARTS) is 1. The number of hydrogen-bond acceptors (Lipinski definition) is 4. The van der Waals surface area contributed by atoms with Gasteiger partial charge in [-0.2, -0.15) is 0 Å². The summed E-state index contributed by atoms with van der Waals surface area (Å²) in [7, 11) is 0. The topological polar surface area (TPSA) is 95.9 Å². The van der Waals surface area contributed by atoms with E-state index < -0.39 is 29.8 Å². The lowest BCUT2D eigenvalue weighted by molar-refractivity contribution is -0.143. The summed E-state index contributed by atoms with van der Waals surface area (Å²) in [6, 6.07) is 23.7. The summed E-state index contributed by atoms with van der Waals surface area (Å²) in [5.74, 6) is -1.23. The minimum atomic E-state index is -1.08. The van der Waals surface area contributed by atoms with Crippen LogP contribution < -0.4 is 10.1 Å². The Morgan fingerprint density at radius 1 is 0.942 bits per heavy atom. The molecule has 52 heavy (non-hydrogen) atoms. The Hall–Kier alpha value is -4.69. The van der Waals surface area contributed by atoms with Crippen LogP contribution >= 0.6 is 11.6 Å². The Morgan fingerprint density at radius 3 is 2.29 bits per heavy atom. The highest BCUT2D eigenvalue weighted by molar-refractivity contribution is 6.31. The van der Waals surface area contributed by atoms with Crippen LogP contribution in [-0.4, -0.2) is 34.3 Å². The predicted molar refractivity (Wildman–Crippen MR) is 201 cm³/mol. The predicted octanol–water partition coefficient (Wildman–Crippen LogP) is 9.36. The van der Waals surface area contributed by atoms with E-state index >= 15 is 0 Å². The minimum absolute atomic E-state index is 0.000650. The Balaban J connectivity index is 1.27. The first-order valence-electron chi connectivity index (χ1n) is 18.1. The fraction of sp³-hybridized carbons (Fsp3) is 0.372. The molecule has 0 aromatic heterocycles. The van der Waals surface area contributed by atoms with Crippen LogP contribution in [0.5, 0.6) is 5.75 Å². The molecule has 1 fully saturated rings. The quantitative estimate of drug-likeness (QED) is 0.161. The highest BCUT2D eigenvalue weighted by atomic mass is 35.5. The van der Waals surface area contributed by atoms with Crippen LogP contribution in [0.4, 0.5) is 4.39 Å². The third kappa shape index (κ3) is 8.84. The molecule has 1 aliphatic carbocycles. The van der Waals surface area contributed by atoms with Crippen LogP contribution in [0.1, 0.15) is 99.2 Å². The van der Waals surface area contributed by atoms with Crippen molar-refractivity contribution in [3.63, 3.8) is 0 Å². The number of carbonyl (C=O) groups is 3. The van der Waals surface area contributed by atoms with Gasteiger partial charge in [-0.25, -0.2) is 4.39 Å². The van der Waals surface area contributed by atoms with E-state index in [1.54, 1.807) is 35.2 Å². The Kier molecular flexibility index (Phi) is 11.3. The van der Waals surface area contributed by atoms with E-state index in [0.717, 1.165) is 42.4 Å². The van der Waals surface area contributed by atoms with Gasteiger partial charge in [0.05, 0.1) is 17.5 Å². The maximum absolute atomic E-state index is 14.5. The molecule has 0 saturated heterocycles. The molecule has 1 aliphatic heterocycles. The van der Waals surface area contributed by atoms with Crippen LogP contribution in [0.15, 0.2) is 84.9 Å². The standard InChI is InChI=1S/C43H46ClFN2O5/c1-43(2,3)33-16-8-28(9-17-33)26-52-34-18-14-30-20-21-47(39(48)22-27-6-4-5-7-27)41(35(30)24-34)42(51)46-38(25-40(49)50)31-12-10-29(11-13-31)32-15-19-37(45)36(44)23-32/h8-19,23-24,27,38,41H,4-7,20-22,25-26H2,1-3H3,(H,46,51)(H,49,50). The smallest absolute Gasteiger partial charge is 0.305 e. The van der Waals surface area contributed by atoms with Crippen molar-refractivity contribution in [2.24, 2.45) is 5.92 Å². The molecule has 2 aliphatic rings. The molecule has 4 aromatic carbocycles. The average Bonchev–Trinajstić information content (AvgIpc) is 3.63. The minimum Gasteiger partial charge on any atom is -0.489 e. The molecule has 1 saturated carbocycles. The molecule has 4 aromatic rings. The van der Waals surface area contributed by atoms with Crippen molar-refractivity contribution in [3.8, 4) is 16.9 Å². The fourth-order valence-corrected chi connectivity index (χ4v) is 7.52. The van der Waals surface area contributed by atoms with E-state index in [-0.39, 0.29) is 22.8 Å². The molecule has 0 bridgehead atoms. The lowest BCUT2D eigenvalue weighted by atomic mass is 9.87. The summed E-state index contributed by atoms with van der Waals surface area (Å²) in [4.78, 5) is 42.1. The molecule has 2 atom stereocenters. The molecule has 7 nitrogen and oxygen atoms in total. The fourth-order valence-electron chi connectivity index (χ4n) is 7.34. The molecule has 6 rings (SSSR count). The number of benzene rings is 4. The maximum Gasteiger partial charge on any atom is 0.305 e. The first-order chi connectivity index (χ1) is 24.9. The van der Waals surface area contributed by atoms with Gasteiger partial charge in [0.2, 0.25) is 11.8 Å². The van der Waals surface area contributed by atoms with Crippen LogP contribution in [0.25, 0.3) is 11.1 Å². The second kappa shape index (κ2) is 15.9. The number of nitrogens with zero attached hydrogens (tertiary/aromatic N) is 1. The number of aliphatic carboxylic acids is 1. The number of carbonyl (C=O) groups excluding carboxylic acids is 2. The van der Waals surface area contributed by atoms with Gasteiger partial charge in [-0.3, -0.25) is 14.4 Å². The molecule has 272 valence electrons. The molecular weight excluding hydrogens is 679 g/mol. The summed E-state index contributed by atoms with van der Waals surface area (Å²) in [5.41, 5.74) is 5.96. The zero-order valence-corrected chi connectivity index (χ0v) is 30.7. The van der Waals surface area contributed by atoms with Gasteiger partial charge in [0, 0.05) is 13.0 Å². The van der Waals surface area contributed by atoms with Crippen molar-refractivity contribution in [2.75, 3.05) is 6.54 Å². The van der Waals surface area contributed by atoms with Crippen LogP contribution in [-0.2, 0) is 32.8 Å². The molecule has 2 unspecified atom stereocenters. The highest BCUT2D eigenvalue weighted by Crippen LogP contribution is 2.37. The van der Waals surface area contributed by atoms with E-state index in [9.17, 15) is 23.9 Å². The Bertz CT molecular complexity index is 1920. The van der Waals surface area contributed by atoms with Crippen molar-refractivity contribution in [1.82, 2.24) is 10.2 Å². The second-order valence-corrected chi connectivity index (χ2v) is 15.5. The first-order valence-corrected chi connectivity index (χ1v) is 18.5. The number of nitrogens with one attached hydrogen (secondary N) is 1. The monoisotopic (exact) mass is 724 g/mol. The molecule has 0 spiro atoms. The molecule has 0 radical (unpaired) electrons. The van der Waals surface area contributed by atoms with Crippen molar-refractivity contribution in [3.05, 3.63) is 124 Å². The zero-order valence-electron chi connectivity index (χ0n) is 30.0. The maximum atomic E-state index is 14.5. The van der Waals surface area contributed by atoms with Gasteiger partial charge in [-0.1, -0.05) is 106 Å². The SMILES string of the molecule is CC(C)(C)c1ccc(COc2ccc3c(c2)C(C(=O)NC(CC(=O)O)c2ccc(-c4ccc(F)c(Cl)c4)cc2)N(C(=O)CC2CCCC2)CC3)cc1. The summed E-state index contributed by atoms with van der Waals surface area (Å²) in [5, 5.41) is 12.9. The number of halogens is 2. The van der Waals surface area contributed by atoms with E-state index in [4.69, 9.17) is 16.3 Å². The van der Waals surface area contributed by atoms with Crippen molar-refractivity contribution in [1.29, 1.82) is 0 Å².